The van der Waals surface area contributed by atoms with Crippen molar-refractivity contribution in [1.29, 1.82) is 0 Å². The van der Waals surface area contributed by atoms with Gasteiger partial charge in [-0.2, -0.15) is 19.0 Å². The molecule has 0 saturated heterocycles. The van der Waals surface area contributed by atoms with Gasteiger partial charge in [0.1, 0.15) is 29.6 Å². The van der Waals surface area contributed by atoms with Gasteiger partial charge in [-0.05, 0) is 48.2 Å². The van der Waals surface area contributed by atoms with Crippen molar-refractivity contribution in [3.8, 4) is 11.1 Å². The van der Waals surface area contributed by atoms with Gasteiger partial charge in [0, 0.05) is 47.8 Å². The molecule has 4 aromatic heterocycles. The summed E-state index contributed by atoms with van der Waals surface area (Å²) in [5, 5.41) is 11.3. The van der Waals surface area contributed by atoms with Gasteiger partial charge in [-0.3, -0.25) is 18.9 Å². The number of benzene rings is 2. The van der Waals surface area contributed by atoms with Crippen molar-refractivity contribution in [2.45, 2.75) is 44.2 Å². The lowest BCUT2D eigenvalue weighted by atomic mass is 9.93. The van der Waals surface area contributed by atoms with E-state index in [0.29, 0.717) is 38.4 Å². The molecule has 54 heavy (non-hydrogen) atoms. The molecule has 0 spiro atoms. The van der Waals surface area contributed by atoms with Crippen LogP contribution >= 0.6 is 11.6 Å². The first-order valence-corrected chi connectivity index (χ1v) is 18.8. The number of halogens is 7. The number of rotatable bonds is 10. The predicted octanol–water partition coefficient (Wildman–Crippen LogP) is 7.11. The first kappa shape index (κ1) is 35.9. The number of pyridine rings is 1. The summed E-state index contributed by atoms with van der Waals surface area (Å²) in [5.41, 5.74) is 0.574. The van der Waals surface area contributed by atoms with Crippen LogP contribution in [0.5, 0.6) is 0 Å². The van der Waals surface area contributed by atoms with Gasteiger partial charge in [0.25, 0.3) is 12.3 Å². The van der Waals surface area contributed by atoms with Crippen LogP contribution in [0.3, 0.4) is 0 Å². The van der Waals surface area contributed by atoms with Crippen LogP contribution in [-0.4, -0.2) is 50.1 Å². The minimum absolute atomic E-state index is 0.0591. The van der Waals surface area contributed by atoms with Gasteiger partial charge in [0.05, 0.1) is 45.0 Å². The number of alkyl halides is 4. The molecule has 3 N–H and O–H groups in total. The largest absolute Gasteiger partial charge is 0.360 e. The molecule has 1 fully saturated rings. The Morgan fingerprint density at radius 2 is 1.78 bits per heavy atom. The Bertz CT molecular complexity index is 2620. The molecule has 11 nitrogen and oxygen atoms in total. The van der Waals surface area contributed by atoms with E-state index in [1.165, 1.54) is 10.7 Å². The van der Waals surface area contributed by atoms with E-state index in [1.807, 2.05) is 0 Å². The molecule has 4 atom stereocenters. The maximum Gasteiger partial charge on any atom is 0.293 e. The molecular weight excluding hydrogens is 762 g/mol. The van der Waals surface area contributed by atoms with E-state index in [1.54, 1.807) is 38.4 Å². The topological polar surface area (TPSA) is 140 Å². The minimum atomic E-state index is -3.80. The zero-order valence-electron chi connectivity index (χ0n) is 28.4. The fourth-order valence-electron chi connectivity index (χ4n) is 7.94. The Morgan fingerprint density at radius 3 is 2.46 bits per heavy atom. The molecule has 0 bridgehead atoms. The number of nitrogens with one attached hydrogen (secondary N) is 3. The van der Waals surface area contributed by atoms with Crippen molar-refractivity contribution in [2.75, 3.05) is 11.0 Å². The van der Waals surface area contributed by atoms with E-state index in [-0.39, 0.29) is 39.5 Å². The summed E-state index contributed by atoms with van der Waals surface area (Å²) in [5.74, 6) is -8.78. The molecule has 0 radical (unpaired) electrons. The Kier molecular flexibility index (Phi) is 8.29. The van der Waals surface area contributed by atoms with E-state index < -0.39 is 81.6 Å². The Hall–Kier alpha value is -5.10. The third kappa shape index (κ3) is 5.95. The Morgan fingerprint density at radius 1 is 1.06 bits per heavy atom. The van der Waals surface area contributed by atoms with Gasteiger partial charge in [-0.15, -0.1) is 0 Å². The van der Waals surface area contributed by atoms with Crippen LogP contribution in [0.2, 0.25) is 5.02 Å². The molecule has 2 aromatic carbocycles. The van der Waals surface area contributed by atoms with Crippen LogP contribution in [0.1, 0.15) is 53.5 Å². The fourth-order valence-corrected chi connectivity index (χ4v) is 8.68. The highest BCUT2D eigenvalue weighted by Gasteiger charge is 2.71. The number of hydrogen-bond donors (Lipinski definition) is 3. The first-order valence-electron chi connectivity index (χ1n) is 16.6. The molecule has 2 aliphatic rings. The minimum Gasteiger partial charge on any atom is -0.360 e. The predicted molar refractivity (Wildman–Crippen MR) is 187 cm³/mol. The molecule has 8 rings (SSSR count). The summed E-state index contributed by atoms with van der Waals surface area (Å²) in [6, 6.07) is 8.06. The summed E-state index contributed by atoms with van der Waals surface area (Å²) in [6.07, 6.45) is -0.861. The van der Waals surface area contributed by atoms with Crippen LogP contribution in [0.4, 0.5) is 32.2 Å². The second kappa shape index (κ2) is 12.5. The molecule has 4 heterocycles. The molecule has 1 saturated carbocycles. The number of aromatic amines is 1. The van der Waals surface area contributed by atoms with Crippen molar-refractivity contribution in [3.63, 3.8) is 0 Å². The summed E-state index contributed by atoms with van der Waals surface area (Å²) in [6.45, 7) is 0.682. The van der Waals surface area contributed by atoms with Gasteiger partial charge in [-0.25, -0.2) is 31.0 Å². The van der Waals surface area contributed by atoms with Crippen LogP contribution in [0.25, 0.3) is 33.1 Å². The van der Waals surface area contributed by atoms with E-state index in [9.17, 15) is 30.8 Å². The van der Waals surface area contributed by atoms with Crippen molar-refractivity contribution in [3.05, 3.63) is 93.5 Å². The van der Waals surface area contributed by atoms with E-state index in [2.05, 4.69) is 25.2 Å². The van der Waals surface area contributed by atoms with Crippen LogP contribution in [0.15, 0.2) is 48.7 Å². The monoisotopic (exact) mass is 790 g/mol. The van der Waals surface area contributed by atoms with Gasteiger partial charge >= 0.3 is 0 Å². The number of aryl methyl sites for hydroxylation is 1. The number of nitrogens with zero attached hydrogens (tertiary/aromatic N) is 5. The number of fused-ring (bicyclic) bond motifs is 5. The number of carbonyl (C=O) groups excluding carboxylic acids is 1. The number of carbonyl (C=O) groups is 1. The average molecular weight is 791 g/mol. The van der Waals surface area contributed by atoms with Gasteiger partial charge in [0.2, 0.25) is 15.9 Å². The third-order valence-electron chi connectivity index (χ3n) is 10.1. The molecule has 0 aliphatic heterocycles. The molecular formula is C35H29ClF6N8O3S. The van der Waals surface area contributed by atoms with E-state index >= 15 is 8.78 Å². The normalized spacial score (nSPS) is 19.4. The van der Waals surface area contributed by atoms with Crippen LogP contribution < -0.4 is 10.0 Å². The SMILES string of the molecule is C[C@@H]1[C@@H]2c3c(C(F)F)nn(CC(=O)NC(Cc4cc(F)cc(F)c4)c4nc5cc[nH]c5cc4-c4ccc(Cl)c5c(NS(C)(=O)=O)nn(C)c45)c3C(F)(F)[C@H]12. The first-order chi connectivity index (χ1) is 25.4. The number of H-pyrrole nitrogens is 1. The van der Waals surface area contributed by atoms with Gasteiger partial charge in [0.15, 0.2) is 5.82 Å². The summed E-state index contributed by atoms with van der Waals surface area (Å²) in [4.78, 5) is 21.8. The summed E-state index contributed by atoms with van der Waals surface area (Å²) >= 11 is 6.58. The standard InChI is InChI=1S/C35H29ClF6N8O3S/c1-14-25-27-30(33(39)40)46-50(32(27)35(41,42)28(14)25)13-24(51)44-23(10-15-8-16(37)11-17(38)9-15)29-19(12-22-21(45-29)6-7-43-22)18-4-5-20(36)26-31(18)49(2)47-34(26)48-54(3,52)53/h4-9,11-12,14,23,25,28,33,43H,10,13H2,1-3H3,(H,44,51)(H,47,48)/t14-,23?,25-,28-/m1/s1. The molecule has 1 unspecified atom stereocenters. The fraction of sp³-hybridized carbons (Fsp3) is 0.314. The zero-order chi connectivity index (χ0) is 38.6. The number of sulfonamides is 1. The number of anilines is 1. The molecule has 2 aliphatic carbocycles. The van der Waals surface area contributed by atoms with Crippen molar-refractivity contribution in [1.82, 2.24) is 34.8 Å². The van der Waals surface area contributed by atoms with Crippen molar-refractivity contribution >= 4 is 55.3 Å². The highest BCUT2D eigenvalue weighted by atomic mass is 35.5. The van der Waals surface area contributed by atoms with E-state index in [0.717, 1.165) is 18.4 Å². The van der Waals surface area contributed by atoms with Gasteiger partial charge < -0.3 is 10.3 Å². The average Bonchev–Trinajstić information content (AvgIpc) is 3.43. The summed E-state index contributed by atoms with van der Waals surface area (Å²) < 4.78 is 117. The van der Waals surface area contributed by atoms with Crippen molar-refractivity contribution < 1.29 is 39.6 Å². The lowest BCUT2D eigenvalue weighted by Gasteiger charge is -2.23. The number of hydrogen-bond acceptors (Lipinski definition) is 6. The zero-order valence-corrected chi connectivity index (χ0v) is 30.0. The highest BCUT2D eigenvalue weighted by molar-refractivity contribution is 7.92. The quantitative estimate of drug-likeness (QED) is 0.127. The van der Waals surface area contributed by atoms with Crippen molar-refractivity contribution in [2.24, 2.45) is 18.9 Å². The van der Waals surface area contributed by atoms with Crippen LogP contribution in [0, 0.1) is 23.5 Å². The van der Waals surface area contributed by atoms with Crippen LogP contribution in [-0.2, 0) is 40.8 Å². The smallest absolute Gasteiger partial charge is 0.293 e. The lowest BCUT2D eigenvalue weighted by molar-refractivity contribution is -0.123. The lowest BCUT2D eigenvalue weighted by Crippen LogP contribution is -2.35. The number of aromatic nitrogens is 6. The second-order valence-corrected chi connectivity index (χ2v) is 15.9. The maximum absolute atomic E-state index is 15.6. The van der Waals surface area contributed by atoms with Gasteiger partial charge in [-0.1, -0.05) is 24.6 Å². The van der Waals surface area contributed by atoms with E-state index in [4.69, 9.17) is 16.6 Å². The molecule has 1 amide bonds. The third-order valence-corrected chi connectivity index (χ3v) is 10.9. The molecule has 6 aromatic rings. The summed E-state index contributed by atoms with van der Waals surface area (Å²) in [7, 11) is -2.24. The Balaban J connectivity index is 1.26. The second-order valence-electron chi connectivity index (χ2n) is 13.7. The Labute approximate surface area is 307 Å². The molecule has 282 valence electrons. The number of amides is 1. The molecule has 19 heteroatoms. The maximum atomic E-state index is 15.6. The highest BCUT2D eigenvalue weighted by Crippen LogP contribution is 2.71.